The van der Waals surface area contributed by atoms with Crippen molar-refractivity contribution >= 4 is 17.2 Å². The summed E-state index contributed by atoms with van der Waals surface area (Å²) >= 11 is 1.66. The smallest absolute Gasteiger partial charge is 0.234 e. The average molecular weight is 267 g/mol. The predicted octanol–water partition coefficient (Wildman–Crippen LogP) is 1.94. The second kappa shape index (κ2) is 5.80. The minimum atomic E-state index is 0.0476. The Balaban J connectivity index is 1.76. The topological polar surface area (TPSA) is 54.0 Å². The second-order valence-electron chi connectivity index (χ2n) is 5.05. The molecule has 18 heavy (non-hydrogen) atoms. The minimum absolute atomic E-state index is 0.0476. The third kappa shape index (κ3) is 3.78. The summed E-state index contributed by atoms with van der Waals surface area (Å²) in [5.41, 5.74) is 1.02. The zero-order chi connectivity index (χ0) is 13.1. The third-order valence-corrected chi connectivity index (χ3v) is 4.38. The van der Waals surface area contributed by atoms with Gasteiger partial charge in [0.1, 0.15) is 0 Å². The van der Waals surface area contributed by atoms with E-state index in [1.807, 2.05) is 20.8 Å². The molecule has 1 saturated carbocycles. The van der Waals surface area contributed by atoms with Crippen LogP contribution < -0.4 is 10.6 Å². The normalized spacial score (nSPS) is 16.6. The van der Waals surface area contributed by atoms with Crippen molar-refractivity contribution in [2.75, 3.05) is 13.1 Å². The van der Waals surface area contributed by atoms with E-state index in [-0.39, 0.29) is 11.9 Å². The number of hydrogen-bond acceptors (Lipinski definition) is 4. The van der Waals surface area contributed by atoms with Crippen molar-refractivity contribution < 1.29 is 4.79 Å². The Morgan fingerprint density at radius 2 is 2.22 bits per heavy atom. The molecule has 0 aromatic carbocycles. The fourth-order valence-electron chi connectivity index (χ4n) is 2.02. The van der Waals surface area contributed by atoms with Gasteiger partial charge >= 0.3 is 0 Å². The van der Waals surface area contributed by atoms with Crippen molar-refractivity contribution in [2.24, 2.45) is 5.92 Å². The lowest BCUT2D eigenvalue weighted by molar-refractivity contribution is -0.120. The van der Waals surface area contributed by atoms with Gasteiger partial charge in [-0.05, 0) is 46.1 Å². The number of nitrogens with zero attached hydrogens (tertiary/aromatic N) is 1. The molecule has 1 aliphatic rings. The first kappa shape index (κ1) is 13.5. The Hall–Kier alpha value is -0.940. The average Bonchev–Trinajstić information content (AvgIpc) is 3.03. The maximum absolute atomic E-state index is 11.8. The fraction of sp³-hybridized carbons (Fsp3) is 0.692. The molecule has 0 spiro atoms. The summed E-state index contributed by atoms with van der Waals surface area (Å²) in [6.45, 7) is 7.39. The van der Waals surface area contributed by atoms with Crippen LogP contribution in [-0.4, -0.2) is 24.0 Å². The molecule has 1 unspecified atom stereocenters. The first-order valence-electron chi connectivity index (χ1n) is 6.50. The minimum Gasteiger partial charge on any atom is -0.348 e. The number of hydrogen-bond donors (Lipinski definition) is 2. The monoisotopic (exact) mass is 267 g/mol. The van der Waals surface area contributed by atoms with E-state index in [0.29, 0.717) is 6.54 Å². The van der Waals surface area contributed by atoms with E-state index in [1.165, 1.54) is 12.8 Å². The van der Waals surface area contributed by atoms with E-state index in [0.717, 1.165) is 28.0 Å². The van der Waals surface area contributed by atoms with Crippen molar-refractivity contribution in [2.45, 2.75) is 39.7 Å². The van der Waals surface area contributed by atoms with Crippen LogP contribution in [-0.2, 0) is 4.79 Å². The molecule has 0 radical (unpaired) electrons. The van der Waals surface area contributed by atoms with Gasteiger partial charge < -0.3 is 10.6 Å². The third-order valence-electron chi connectivity index (χ3n) is 3.13. The van der Waals surface area contributed by atoms with Crippen molar-refractivity contribution in [1.29, 1.82) is 0 Å². The Kier molecular flexibility index (Phi) is 4.35. The molecule has 0 aliphatic heterocycles. The highest BCUT2D eigenvalue weighted by molar-refractivity contribution is 7.11. The van der Waals surface area contributed by atoms with Gasteiger partial charge in [-0.15, -0.1) is 11.3 Å². The molecule has 1 heterocycles. The molecule has 1 fully saturated rings. The van der Waals surface area contributed by atoms with Crippen LogP contribution in [0.5, 0.6) is 0 Å². The summed E-state index contributed by atoms with van der Waals surface area (Å²) < 4.78 is 0. The Labute approximate surface area is 112 Å². The molecule has 1 aromatic heterocycles. The number of rotatable bonds is 6. The van der Waals surface area contributed by atoms with E-state index in [1.54, 1.807) is 11.3 Å². The first-order chi connectivity index (χ1) is 8.56. The number of thiazole rings is 1. The SMILES string of the molecule is Cc1nc(C)c(C(C)NC(=O)CNCC2CC2)s1. The van der Waals surface area contributed by atoms with Gasteiger partial charge in [0.05, 0.1) is 23.3 Å². The zero-order valence-electron chi connectivity index (χ0n) is 11.2. The molecule has 4 nitrogen and oxygen atoms in total. The van der Waals surface area contributed by atoms with Crippen molar-refractivity contribution in [1.82, 2.24) is 15.6 Å². The number of carbonyl (C=O) groups excluding carboxylic acids is 1. The molecule has 1 aliphatic carbocycles. The molecular formula is C13H21N3OS. The Bertz CT molecular complexity index is 426. The number of aryl methyl sites for hydroxylation is 2. The molecule has 5 heteroatoms. The maximum Gasteiger partial charge on any atom is 0.234 e. The quantitative estimate of drug-likeness (QED) is 0.828. The fourth-order valence-corrected chi connectivity index (χ4v) is 2.95. The maximum atomic E-state index is 11.8. The zero-order valence-corrected chi connectivity index (χ0v) is 12.1. The lowest BCUT2D eigenvalue weighted by Crippen LogP contribution is -2.36. The van der Waals surface area contributed by atoms with Gasteiger partial charge in [-0.2, -0.15) is 0 Å². The van der Waals surface area contributed by atoms with Gasteiger partial charge in [0.2, 0.25) is 5.91 Å². The largest absolute Gasteiger partial charge is 0.348 e. The van der Waals surface area contributed by atoms with Crippen LogP contribution in [0.3, 0.4) is 0 Å². The highest BCUT2D eigenvalue weighted by Crippen LogP contribution is 2.27. The molecule has 100 valence electrons. The number of amides is 1. The Morgan fingerprint density at radius 3 is 2.78 bits per heavy atom. The molecule has 0 saturated heterocycles. The van der Waals surface area contributed by atoms with Gasteiger partial charge in [0.15, 0.2) is 0 Å². The Morgan fingerprint density at radius 1 is 1.50 bits per heavy atom. The van der Waals surface area contributed by atoms with Crippen LogP contribution in [0.15, 0.2) is 0 Å². The number of aromatic nitrogens is 1. The molecule has 1 atom stereocenters. The van der Waals surface area contributed by atoms with E-state index in [9.17, 15) is 4.79 Å². The van der Waals surface area contributed by atoms with Crippen molar-refractivity contribution in [3.63, 3.8) is 0 Å². The van der Waals surface area contributed by atoms with Crippen LogP contribution in [0.25, 0.3) is 0 Å². The summed E-state index contributed by atoms with van der Waals surface area (Å²) in [5.74, 6) is 0.871. The number of carbonyl (C=O) groups is 1. The highest BCUT2D eigenvalue weighted by atomic mass is 32.1. The molecule has 1 amide bonds. The van der Waals surface area contributed by atoms with Gasteiger partial charge in [0, 0.05) is 4.88 Å². The van der Waals surface area contributed by atoms with Crippen molar-refractivity contribution in [3.05, 3.63) is 15.6 Å². The summed E-state index contributed by atoms with van der Waals surface area (Å²) in [7, 11) is 0. The van der Waals surface area contributed by atoms with Crippen LogP contribution in [0.4, 0.5) is 0 Å². The summed E-state index contributed by atoms with van der Waals surface area (Å²) in [4.78, 5) is 17.3. The number of nitrogens with one attached hydrogen (secondary N) is 2. The second-order valence-corrected chi connectivity index (χ2v) is 6.28. The molecule has 2 N–H and O–H groups in total. The van der Waals surface area contributed by atoms with Crippen LogP contribution in [0, 0.1) is 19.8 Å². The molecule has 0 bridgehead atoms. The first-order valence-corrected chi connectivity index (χ1v) is 7.32. The lowest BCUT2D eigenvalue weighted by Gasteiger charge is -2.13. The van der Waals surface area contributed by atoms with Gasteiger partial charge in [0.25, 0.3) is 0 Å². The molecular weight excluding hydrogens is 246 g/mol. The molecule has 2 rings (SSSR count). The van der Waals surface area contributed by atoms with Crippen molar-refractivity contribution in [3.8, 4) is 0 Å². The van der Waals surface area contributed by atoms with E-state index in [2.05, 4.69) is 15.6 Å². The predicted molar refractivity (Wildman–Crippen MR) is 73.7 cm³/mol. The molecule has 1 aromatic rings. The van der Waals surface area contributed by atoms with Crippen LogP contribution in [0.1, 0.15) is 41.4 Å². The van der Waals surface area contributed by atoms with Crippen LogP contribution >= 0.6 is 11.3 Å². The van der Waals surface area contributed by atoms with E-state index < -0.39 is 0 Å². The van der Waals surface area contributed by atoms with Gasteiger partial charge in [-0.3, -0.25) is 4.79 Å². The highest BCUT2D eigenvalue weighted by Gasteiger charge is 2.21. The van der Waals surface area contributed by atoms with Crippen LogP contribution in [0.2, 0.25) is 0 Å². The summed E-state index contributed by atoms with van der Waals surface area (Å²) in [5, 5.41) is 7.26. The summed E-state index contributed by atoms with van der Waals surface area (Å²) in [6.07, 6.45) is 2.62. The summed E-state index contributed by atoms with van der Waals surface area (Å²) in [6, 6.07) is 0.0476. The van der Waals surface area contributed by atoms with Gasteiger partial charge in [-0.25, -0.2) is 4.98 Å². The van der Waals surface area contributed by atoms with E-state index in [4.69, 9.17) is 0 Å². The van der Waals surface area contributed by atoms with E-state index >= 15 is 0 Å². The standard InChI is InChI=1S/C13H21N3OS/c1-8-13(18-10(3)15-8)9(2)16-12(17)7-14-6-11-4-5-11/h9,11,14H,4-7H2,1-3H3,(H,16,17). The van der Waals surface area contributed by atoms with Gasteiger partial charge in [-0.1, -0.05) is 0 Å². The lowest BCUT2D eigenvalue weighted by atomic mass is 10.2.